The Morgan fingerprint density at radius 2 is 0.629 bits per heavy atom. The number of fused-ring (bicyclic) bond motifs is 8. The van der Waals surface area contributed by atoms with E-state index in [0.29, 0.717) is 78.2 Å². The van der Waals surface area contributed by atoms with E-state index >= 15 is 19.2 Å². The molecule has 7 aromatic heterocycles. The quantitative estimate of drug-likeness (QED) is 0.0356. The highest BCUT2D eigenvalue weighted by molar-refractivity contribution is 7.30. The van der Waals surface area contributed by atoms with Gasteiger partial charge in [0, 0.05) is 72.9 Å². The lowest BCUT2D eigenvalue weighted by molar-refractivity contribution is -0.124. The summed E-state index contributed by atoms with van der Waals surface area (Å²) in [6.45, 7) is 32.4. The molecule has 9 nitrogen and oxygen atoms in total. The van der Waals surface area contributed by atoms with Crippen LogP contribution in [0.2, 0.25) is 0 Å². The van der Waals surface area contributed by atoms with E-state index < -0.39 is 0 Å². The van der Waals surface area contributed by atoms with E-state index in [9.17, 15) is 0 Å². The van der Waals surface area contributed by atoms with Crippen molar-refractivity contribution in [3.63, 3.8) is 0 Å². The average molecular weight is 2030 g/mol. The average Bonchev–Trinajstić information content (AvgIpc) is 1.56. The molecule has 16 rings (SSSR count). The first-order chi connectivity index (χ1) is 70.1. The zero-order valence-corrected chi connectivity index (χ0v) is 94.1. The highest BCUT2D eigenvalue weighted by atomic mass is 32.1. The molecule has 143 heavy (non-hydrogen) atoms. The molecule has 4 amide bonds. The van der Waals surface area contributed by atoms with E-state index in [2.05, 4.69) is 258 Å². The van der Waals surface area contributed by atoms with Crippen LogP contribution in [-0.4, -0.2) is 74.0 Å². The van der Waals surface area contributed by atoms with Crippen molar-refractivity contribution in [2.24, 2.45) is 23.7 Å². The Morgan fingerprint density at radius 3 is 1.08 bits per heavy atom. The molecule has 0 saturated carbocycles. The Hall–Kier alpha value is -8.54. The van der Waals surface area contributed by atoms with Crippen molar-refractivity contribution < 1.29 is 19.2 Å². The molecule has 0 aliphatic carbocycles. The van der Waals surface area contributed by atoms with Crippen LogP contribution in [0.1, 0.15) is 394 Å². The summed E-state index contributed by atoms with van der Waals surface area (Å²) < 4.78 is 5.66. The molecule has 0 saturated heterocycles. The number of nitrogens with zero attached hydrogens (tertiary/aromatic N) is 5. The van der Waals surface area contributed by atoms with Crippen molar-refractivity contribution in [1.29, 1.82) is 0 Å². The van der Waals surface area contributed by atoms with Gasteiger partial charge in [-0.3, -0.25) is 19.2 Å². The van der Waals surface area contributed by atoms with Crippen LogP contribution in [-0.2, 0) is 32.0 Å². The van der Waals surface area contributed by atoms with Gasteiger partial charge >= 0.3 is 0 Å². The van der Waals surface area contributed by atoms with E-state index in [1.165, 1.54) is 253 Å². The van der Waals surface area contributed by atoms with E-state index in [-0.39, 0.29) is 23.6 Å². The molecule has 12 aromatic rings. The summed E-state index contributed by atoms with van der Waals surface area (Å²) in [5, 5.41) is 7.68. The van der Waals surface area contributed by atoms with Crippen LogP contribution in [0, 0.1) is 30.6 Å². The predicted octanol–water partition coefficient (Wildman–Crippen LogP) is 39.5. The minimum atomic E-state index is -0.0189. The zero-order valence-electron chi connectivity index (χ0n) is 89.2. The number of amides is 4. The second kappa shape index (κ2) is 54.4. The van der Waals surface area contributed by atoms with Gasteiger partial charge in [0.2, 0.25) is 0 Å². The third-order valence-electron chi connectivity index (χ3n) is 31.6. The van der Waals surface area contributed by atoms with Crippen molar-refractivity contribution in [1.82, 2.24) is 24.2 Å². The zero-order chi connectivity index (χ0) is 100. The molecule has 0 fully saturated rings. The summed E-state index contributed by atoms with van der Waals surface area (Å²) >= 11 is 10.8. The molecule has 0 spiro atoms. The molecule has 764 valence electrons. The number of rotatable bonds is 61. The van der Waals surface area contributed by atoms with Gasteiger partial charge in [-0.25, -0.2) is 0 Å². The second-order valence-electron chi connectivity index (χ2n) is 42.0. The lowest BCUT2D eigenvalue weighted by Gasteiger charge is -2.29. The summed E-state index contributed by atoms with van der Waals surface area (Å²) in [4.78, 5) is 79.5. The standard InChI is InChI=1S/C71H89N3O2S2.C57H78N2O2S4/c1-5-9-13-17-21-31-39-57(40-32-22-18-14-10-6-2)74-60-51-55(53-35-27-25-28-36-53)41-43-58(60)59-44-42-56(52-61(59)74)63-46-48-65(78-63)69-67-66(70(75)73(69)50-34-24-20-16-12-8-4)68(72(71(67)76)49-33-23-19-15-11-7-3)64-47-45-62(77-64)54-37-29-26-30-38-54;1-10-18-23-38(14-5)32-42-43(33-39(15-6)24-19-11-2)45-34-49(65-55(45)54-44(42)31-37(9)63-54)46-28-29-48(64-46)53-51-50(56(60)59(53)36-41(17-8)26-21-13-4)52(47-27-22-30-62-47)58(57(51)61)35-40(16-7)25-20-12-3/h25-30,35-38,41-48,51-52,57H,5-24,31-34,39-40,49-50H2,1-4H3;22,27-31,34,38-41H,10-21,23-26,32-33,35-36H2,1-9H3. The fourth-order valence-electron chi connectivity index (χ4n) is 23.1. The first kappa shape index (κ1) is 109. The van der Waals surface area contributed by atoms with Crippen LogP contribution in [0.3, 0.4) is 0 Å². The monoisotopic (exact) mass is 2030 g/mol. The number of hydrogen-bond donors (Lipinski definition) is 0. The largest absolute Gasteiger partial charge is 0.337 e. The molecule has 0 N–H and O–H groups in total. The van der Waals surface area contributed by atoms with Crippen molar-refractivity contribution in [3.05, 3.63) is 221 Å². The third-order valence-corrected chi connectivity index (χ3v) is 38.4. The molecule has 4 atom stereocenters. The normalized spacial score (nSPS) is 15.0. The lowest BCUT2D eigenvalue weighted by Crippen LogP contribution is -2.34. The molecule has 0 radical (unpaired) electrons. The molecule has 4 unspecified atom stereocenters. The smallest absolute Gasteiger partial charge is 0.261 e. The van der Waals surface area contributed by atoms with Gasteiger partial charge in [-0.2, -0.15) is 0 Å². The number of benzene rings is 5. The summed E-state index contributed by atoms with van der Waals surface area (Å²) in [7, 11) is 0. The van der Waals surface area contributed by atoms with Crippen molar-refractivity contribution in [2.45, 2.75) is 379 Å². The Morgan fingerprint density at radius 1 is 0.266 bits per heavy atom. The van der Waals surface area contributed by atoms with Crippen LogP contribution < -0.4 is 0 Å². The minimum absolute atomic E-state index is 0.00752. The molecular weight excluding hydrogens is 1860 g/mol. The Balaban J connectivity index is 0.000000219. The predicted molar refractivity (Wildman–Crippen MR) is 624 cm³/mol. The molecule has 15 heteroatoms. The second-order valence-corrected chi connectivity index (χ2v) is 48.5. The van der Waals surface area contributed by atoms with E-state index in [0.717, 1.165) is 160 Å². The molecule has 4 aliphatic heterocycles. The van der Waals surface area contributed by atoms with Gasteiger partial charge in [0.25, 0.3) is 23.6 Å². The Labute approximate surface area is 883 Å². The fraction of sp³-hybridized carbons (Fsp3) is 0.516. The summed E-state index contributed by atoms with van der Waals surface area (Å²) in [6, 6.07) is 58.6. The number of aryl methyl sites for hydroxylation is 1. The first-order valence-corrected chi connectivity index (χ1v) is 61.8. The lowest BCUT2D eigenvalue weighted by atomic mass is 9.83. The summed E-state index contributed by atoms with van der Waals surface area (Å²) in [6.07, 6.45) is 52.7. The molecule has 0 bridgehead atoms. The van der Waals surface area contributed by atoms with Gasteiger partial charge in [-0.05, 0) is 198 Å². The summed E-state index contributed by atoms with van der Waals surface area (Å²) in [5.41, 5.74) is 16.5. The van der Waals surface area contributed by atoms with E-state index in [4.69, 9.17) is 0 Å². The van der Waals surface area contributed by atoms with Crippen LogP contribution >= 0.6 is 68.0 Å². The maximum atomic E-state index is 15.4. The van der Waals surface area contributed by atoms with Gasteiger partial charge in [-0.1, -0.05) is 405 Å². The van der Waals surface area contributed by atoms with Crippen LogP contribution in [0.15, 0.2) is 185 Å². The van der Waals surface area contributed by atoms with Crippen molar-refractivity contribution in [3.8, 4) is 41.8 Å². The Bertz CT molecular complexity index is 6270. The van der Waals surface area contributed by atoms with Crippen LogP contribution in [0.5, 0.6) is 0 Å². The SMILES string of the molecule is CCCCC(CC)Cc1c(CC(CC)CCCC)c2cc(-c3ccc(C4=C5C(=O)N(CC(CC)CCCC)C(c6cccs6)=C5C(=O)N4CC(CC)CCCC)s3)sc2c2sc(C)cc12.CCCCCCCCC(CCCCCCCC)n1c2cc(-c3ccccc3)ccc2c2ccc(-c3ccc(C4=C5C(=O)N(CCCCCCCC)C(c6ccc(-c7ccccc7)s6)=C5C(=O)N4CCCCCCCC)s3)cc21. The summed E-state index contributed by atoms with van der Waals surface area (Å²) in [5.74, 6) is 2.10. The number of carbonyl (C=O) groups is 4. The number of aromatic nitrogens is 1. The van der Waals surface area contributed by atoms with Gasteiger partial charge in [0.15, 0.2) is 0 Å². The van der Waals surface area contributed by atoms with E-state index in [1.807, 2.05) is 42.3 Å². The number of thiophene rings is 6. The highest BCUT2D eigenvalue weighted by Crippen LogP contribution is 2.56. The van der Waals surface area contributed by atoms with Crippen molar-refractivity contribution >= 4 is 156 Å². The Kier molecular flexibility index (Phi) is 41.3. The van der Waals surface area contributed by atoms with Crippen LogP contribution in [0.4, 0.5) is 0 Å². The maximum absolute atomic E-state index is 15.4. The van der Waals surface area contributed by atoms with Gasteiger partial charge < -0.3 is 24.2 Å². The molecular formula is C128H167N5O4S6. The maximum Gasteiger partial charge on any atom is 0.261 e. The number of carbonyl (C=O) groups excluding carboxylic acids is 4. The van der Waals surface area contributed by atoms with Crippen LogP contribution in [0.25, 0.3) is 107 Å². The highest BCUT2D eigenvalue weighted by Gasteiger charge is 2.52. The number of hydrogen-bond acceptors (Lipinski definition) is 10. The fourth-order valence-corrected chi connectivity index (χ4v) is 29.5. The molecule has 4 aliphatic rings. The molecule has 5 aromatic carbocycles. The molecule has 11 heterocycles. The minimum Gasteiger partial charge on any atom is -0.337 e. The third kappa shape index (κ3) is 25.7. The first-order valence-electron chi connectivity index (χ1n) is 56.9. The van der Waals surface area contributed by atoms with Crippen molar-refractivity contribution in [2.75, 3.05) is 26.2 Å². The topological polar surface area (TPSA) is 86.2 Å². The van der Waals surface area contributed by atoms with Gasteiger partial charge in [0.1, 0.15) is 0 Å². The number of unbranched alkanes of at least 4 members (excludes halogenated alkanes) is 24. The van der Waals surface area contributed by atoms with Gasteiger partial charge in [-0.15, -0.1) is 68.0 Å². The van der Waals surface area contributed by atoms with Gasteiger partial charge in [0.05, 0.1) is 79.5 Å². The van der Waals surface area contributed by atoms with E-state index in [1.54, 1.807) is 56.5 Å².